The normalized spacial score (nSPS) is 14.6. The van der Waals surface area contributed by atoms with Gasteiger partial charge in [-0.05, 0) is 19.8 Å². The lowest BCUT2D eigenvalue weighted by atomic mass is 10.2. The Labute approximate surface area is 110 Å². The summed E-state index contributed by atoms with van der Waals surface area (Å²) in [6.45, 7) is 2.31. The first kappa shape index (κ1) is 11.8. The van der Waals surface area contributed by atoms with Gasteiger partial charge in [-0.25, -0.2) is 0 Å². The van der Waals surface area contributed by atoms with Gasteiger partial charge in [0.15, 0.2) is 5.69 Å². The van der Waals surface area contributed by atoms with Crippen LogP contribution in [0.15, 0.2) is 6.20 Å². The Hall–Kier alpha value is -2.31. The Kier molecular flexibility index (Phi) is 2.73. The van der Waals surface area contributed by atoms with Crippen molar-refractivity contribution in [1.29, 1.82) is 0 Å². The minimum Gasteiger partial charge on any atom is -0.395 e. The highest BCUT2D eigenvalue weighted by Gasteiger charge is 2.30. The van der Waals surface area contributed by atoms with Gasteiger partial charge in [-0.15, -0.1) is 0 Å². The molecule has 1 aliphatic carbocycles. The molecule has 1 amide bonds. The zero-order valence-corrected chi connectivity index (χ0v) is 10.7. The fraction of sp³-hybridized carbons (Fsp3) is 0.417. The number of aryl methyl sites for hydroxylation is 1. The average molecular weight is 260 g/mol. The maximum Gasteiger partial charge on any atom is 0.274 e. The van der Waals surface area contributed by atoms with Crippen molar-refractivity contribution in [2.75, 3.05) is 5.73 Å². The van der Waals surface area contributed by atoms with Crippen molar-refractivity contribution in [3.8, 4) is 0 Å². The molecular weight excluding hydrogens is 244 g/mol. The molecule has 1 fully saturated rings. The van der Waals surface area contributed by atoms with Gasteiger partial charge < -0.3 is 11.1 Å². The van der Waals surface area contributed by atoms with Gasteiger partial charge in [-0.1, -0.05) is 0 Å². The van der Waals surface area contributed by atoms with E-state index >= 15 is 0 Å². The highest BCUT2D eigenvalue weighted by Crippen LogP contribution is 2.42. The van der Waals surface area contributed by atoms with Gasteiger partial charge in [-0.3, -0.25) is 15.0 Å². The number of hydrogen-bond acceptors (Lipinski definition) is 4. The number of nitrogen functional groups attached to an aromatic ring is 1. The highest BCUT2D eigenvalue weighted by molar-refractivity contribution is 5.97. The summed E-state index contributed by atoms with van der Waals surface area (Å²) < 4.78 is 0. The molecule has 2 aromatic rings. The number of nitrogens with two attached hydrogens (primary N) is 1. The van der Waals surface area contributed by atoms with E-state index in [4.69, 9.17) is 5.73 Å². The van der Waals surface area contributed by atoms with E-state index in [1.807, 2.05) is 6.92 Å². The van der Waals surface area contributed by atoms with Gasteiger partial charge in [0.2, 0.25) is 0 Å². The zero-order valence-electron chi connectivity index (χ0n) is 10.7. The first-order chi connectivity index (χ1) is 9.16. The Balaban J connectivity index is 1.68. The largest absolute Gasteiger partial charge is 0.395 e. The molecule has 0 aliphatic heterocycles. The number of anilines is 1. The summed E-state index contributed by atoms with van der Waals surface area (Å²) in [6, 6.07) is 0. The fourth-order valence-electron chi connectivity index (χ4n) is 2.03. The molecule has 5 N–H and O–H groups in total. The van der Waals surface area contributed by atoms with Crippen LogP contribution in [0.3, 0.4) is 0 Å². The minimum absolute atomic E-state index is 0.263. The summed E-state index contributed by atoms with van der Waals surface area (Å²) in [6.07, 6.45) is 3.92. The van der Waals surface area contributed by atoms with Crippen LogP contribution >= 0.6 is 0 Å². The van der Waals surface area contributed by atoms with Gasteiger partial charge in [-0.2, -0.15) is 10.2 Å². The molecule has 100 valence electrons. The molecule has 1 aliphatic rings. The second-order valence-corrected chi connectivity index (χ2v) is 4.88. The summed E-state index contributed by atoms with van der Waals surface area (Å²) in [7, 11) is 0. The summed E-state index contributed by atoms with van der Waals surface area (Å²) in [5.41, 5.74) is 9.49. The van der Waals surface area contributed by atoms with E-state index in [1.54, 1.807) is 6.20 Å². The molecule has 2 aromatic heterocycles. The molecule has 19 heavy (non-hydrogen) atoms. The van der Waals surface area contributed by atoms with Crippen LogP contribution in [-0.2, 0) is 6.54 Å². The van der Waals surface area contributed by atoms with E-state index in [0.29, 0.717) is 18.2 Å². The van der Waals surface area contributed by atoms with Crippen LogP contribution in [0.5, 0.6) is 0 Å². The number of aromatic amines is 2. The van der Waals surface area contributed by atoms with Gasteiger partial charge >= 0.3 is 0 Å². The Bertz CT molecular complexity index is 610. The highest BCUT2D eigenvalue weighted by atomic mass is 16.1. The molecular formula is C12H16N6O. The smallest absolute Gasteiger partial charge is 0.274 e. The number of nitrogens with one attached hydrogen (secondary N) is 3. The molecule has 0 radical (unpaired) electrons. The molecule has 0 unspecified atom stereocenters. The molecule has 0 saturated heterocycles. The Morgan fingerprint density at radius 3 is 2.95 bits per heavy atom. The first-order valence-corrected chi connectivity index (χ1v) is 6.27. The molecule has 2 heterocycles. The third kappa shape index (κ3) is 2.18. The fourth-order valence-corrected chi connectivity index (χ4v) is 2.03. The summed E-state index contributed by atoms with van der Waals surface area (Å²) in [5, 5.41) is 16.4. The van der Waals surface area contributed by atoms with E-state index in [2.05, 4.69) is 25.7 Å². The molecule has 3 rings (SSSR count). The number of carbonyl (C=O) groups excluding carboxylic acids is 1. The molecule has 1 saturated carbocycles. The summed E-state index contributed by atoms with van der Waals surface area (Å²) in [4.78, 5) is 12.0. The van der Waals surface area contributed by atoms with Crippen LogP contribution in [0.25, 0.3) is 0 Å². The van der Waals surface area contributed by atoms with Crippen molar-refractivity contribution >= 4 is 11.6 Å². The van der Waals surface area contributed by atoms with E-state index < -0.39 is 0 Å². The summed E-state index contributed by atoms with van der Waals surface area (Å²) >= 11 is 0. The van der Waals surface area contributed by atoms with E-state index in [0.717, 1.165) is 29.8 Å². The second-order valence-electron chi connectivity index (χ2n) is 4.88. The van der Waals surface area contributed by atoms with Crippen LogP contribution in [0.2, 0.25) is 0 Å². The average Bonchev–Trinajstić information content (AvgIpc) is 3.04. The number of H-pyrrole nitrogens is 2. The van der Waals surface area contributed by atoms with Crippen molar-refractivity contribution < 1.29 is 4.79 Å². The maximum atomic E-state index is 12.0. The third-order valence-corrected chi connectivity index (χ3v) is 3.41. The molecule has 0 aromatic carbocycles. The van der Waals surface area contributed by atoms with Crippen LogP contribution in [-0.4, -0.2) is 26.3 Å². The van der Waals surface area contributed by atoms with Gasteiger partial charge in [0, 0.05) is 23.7 Å². The minimum atomic E-state index is -0.263. The van der Waals surface area contributed by atoms with E-state index in [1.165, 1.54) is 0 Å². The lowest BCUT2D eigenvalue weighted by Gasteiger charge is -2.03. The lowest BCUT2D eigenvalue weighted by Crippen LogP contribution is -2.24. The number of nitrogens with zero attached hydrogens (tertiary/aromatic N) is 2. The van der Waals surface area contributed by atoms with Crippen LogP contribution in [0.1, 0.15) is 46.2 Å². The Morgan fingerprint density at radius 1 is 1.53 bits per heavy atom. The predicted octanol–water partition coefficient (Wildman–Crippen LogP) is 0.831. The molecule has 7 nitrogen and oxygen atoms in total. The number of hydrogen-bond donors (Lipinski definition) is 4. The number of aromatic nitrogens is 4. The molecule has 7 heteroatoms. The van der Waals surface area contributed by atoms with Crippen molar-refractivity contribution in [2.24, 2.45) is 0 Å². The quantitative estimate of drug-likeness (QED) is 0.652. The SMILES string of the molecule is Cc1[nH]ncc1CNC(=O)c1n[nH]c(C2CC2)c1N. The topological polar surface area (TPSA) is 112 Å². The van der Waals surface area contributed by atoms with Crippen LogP contribution in [0, 0.1) is 6.92 Å². The van der Waals surface area contributed by atoms with Gasteiger partial charge in [0.25, 0.3) is 5.91 Å². The third-order valence-electron chi connectivity index (χ3n) is 3.41. The van der Waals surface area contributed by atoms with Crippen molar-refractivity contribution in [1.82, 2.24) is 25.7 Å². The van der Waals surface area contributed by atoms with E-state index in [-0.39, 0.29) is 11.6 Å². The molecule has 0 bridgehead atoms. The first-order valence-electron chi connectivity index (χ1n) is 6.27. The predicted molar refractivity (Wildman–Crippen MR) is 69.5 cm³/mol. The Morgan fingerprint density at radius 2 is 2.32 bits per heavy atom. The van der Waals surface area contributed by atoms with Crippen LogP contribution < -0.4 is 11.1 Å². The van der Waals surface area contributed by atoms with Crippen molar-refractivity contribution in [2.45, 2.75) is 32.2 Å². The van der Waals surface area contributed by atoms with Gasteiger partial charge in [0.1, 0.15) is 0 Å². The monoisotopic (exact) mass is 260 g/mol. The zero-order chi connectivity index (χ0) is 13.4. The van der Waals surface area contributed by atoms with Gasteiger partial charge in [0.05, 0.1) is 17.6 Å². The number of rotatable bonds is 4. The lowest BCUT2D eigenvalue weighted by molar-refractivity contribution is 0.0947. The number of carbonyl (C=O) groups is 1. The maximum absolute atomic E-state index is 12.0. The standard InChI is InChI=1S/C12H16N6O/c1-6-8(5-15-16-6)4-14-12(19)11-9(13)10(17-18-11)7-2-3-7/h5,7H,2-4,13H2,1H3,(H,14,19)(H,15,16)(H,17,18). The van der Waals surface area contributed by atoms with E-state index in [9.17, 15) is 4.79 Å². The van der Waals surface area contributed by atoms with Crippen LogP contribution in [0.4, 0.5) is 5.69 Å². The number of amides is 1. The molecule has 0 spiro atoms. The second kappa shape index (κ2) is 4.42. The van der Waals surface area contributed by atoms with Crippen molar-refractivity contribution in [3.63, 3.8) is 0 Å². The van der Waals surface area contributed by atoms with Crippen molar-refractivity contribution in [3.05, 3.63) is 28.8 Å². The molecule has 0 atom stereocenters. The summed E-state index contributed by atoms with van der Waals surface area (Å²) in [5.74, 6) is 0.186.